The molecule has 29 heavy (non-hydrogen) atoms. The molecule has 0 unspecified atom stereocenters. The largest absolute Gasteiger partial charge is 0.335 e. The number of urea groups is 1. The summed E-state index contributed by atoms with van der Waals surface area (Å²) in [7, 11) is 0. The standard InChI is InChI=1S/C23H26FN3O2/c1-15-6-3-4-7-18(15)11-25-23(29)26-12-19-13-27(16(2)28)22(21(19)14-26)17-8-5-9-20(24)10-17/h3-10,19,21-22H,11-14H2,1-2H3,(H,25,29)/t19-,21-,22+/m1/s1. The summed E-state index contributed by atoms with van der Waals surface area (Å²) in [6.45, 7) is 5.85. The van der Waals surface area contributed by atoms with Crippen molar-refractivity contribution < 1.29 is 14.0 Å². The van der Waals surface area contributed by atoms with Crippen LogP contribution in [0.4, 0.5) is 9.18 Å². The summed E-state index contributed by atoms with van der Waals surface area (Å²) < 4.78 is 13.8. The van der Waals surface area contributed by atoms with E-state index in [0.29, 0.717) is 26.2 Å². The van der Waals surface area contributed by atoms with Gasteiger partial charge in [-0.2, -0.15) is 0 Å². The maximum atomic E-state index is 13.8. The van der Waals surface area contributed by atoms with E-state index < -0.39 is 0 Å². The van der Waals surface area contributed by atoms with Crippen LogP contribution in [0.5, 0.6) is 0 Å². The van der Waals surface area contributed by atoms with Crippen molar-refractivity contribution in [1.82, 2.24) is 15.1 Å². The molecule has 4 rings (SSSR count). The molecule has 2 aliphatic rings. The van der Waals surface area contributed by atoms with Crippen molar-refractivity contribution in [3.63, 3.8) is 0 Å². The number of carbonyl (C=O) groups excluding carboxylic acids is 2. The summed E-state index contributed by atoms with van der Waals surface area (Å²) in [5.74, 6) is 0.00536. The van der Waals surface area contributed by atoms with Gasteiger partial charge >= 0.3 is 6.03 Å². The molecule has 6 heteroatoms. The number of nitrogens with one attached hydrogen (secondary N) is 1. The summed E-state index contributed by atoms with van der Waals surface area (Å²) in [5, 5.41) is 3.02. The average Bonchev–Trinajstić information content (AvgIpc) is 3.25. The van der Waals surface area contributed by atoms with Gasteiger partial charge in [0.1, 0.15) is 5.82 Å². The topological polar surface area (TPSA) is 52.7 Å². The highest BCUT2D eigenvalue weighted by Gasteiger charge is 2.49. The van der Waals surface area contributed by atoms with E-state index >= 15 is 0 Å². The number of hydrogen-bond donors (Lipinski definition) is 1. The molecular weight excluding hydrogens is 369 g/mol. The molecule has 5 nitrogen and oxygen atoms in total. The Bertz CT molecular complexity index is 932. The first kappa shape index (κ1) is 19.4. The first-order chi connectivity index (χ1) is 13.9. The molecule has 0 bridgehead atoms. The van der Waals surface area contributed by atoms with E-state index in [1.807, 2.05) is 47.1 Å². The van der Waals surface area contributed by atoms with Gasteiger partial charge in [0.2, 0.25) is 5.91 Å². The van der Waals surface area contributed by atoms with E-state index in [1.165, 1.54) is 12.1 Å². The molecule has 2 aromatic carbocycles. The van der Waals surface area contributed by atoms with Gasteiger partial charge in [0.15, 0.2) is 0 Å². The first-order valence-electron chi connectivity index (χ1n) is 10.0. The number of likely N-dealkylation sites (tertiary alicyclic amines) is 2. The monoisotopic (exact) mass is 395 g/mol. The summed E-state index contributed by atoms with van der Waals surface area (Å²) in [6.07, 6.45) is 0. The van der Waals surface area contributed by atoms with Gasteiger partial charge in [0.25, 0.3) is 0 Å². The molecule has 152 valence electrons. The zero-order valence-electron chi connectivity index (χ0n) is 16.8. The zero-order valence-corrected chi connectivity index (χ0v) is 16.8. The van der Waals surface area contributed by atoms with Gasteiger partial charge in [-0.25, -0.2) is 9.18 Å². The fraction of sp³-hybridized carbons (Fsp3) is 0.391. The van der Waals surface area contributed by atoms with Crippen LogP contribution in [-0.2, 0) is 11.3 Å². The molecule has 0 saturated carbocycles. The number of carbonyl (C=O) groups is 2. The SMILES string of the molecule is CC(=O)N1C[C@H]2CN(C(=O)NCc3ccccc3C)C[C@H]2[C@@H]1c1cccc(F)c1. The number of rotatable bonds is 3. The highest BCUT2D eigenvalue weighted by molar-refractivity contribution is 5.76. The van der Waals surface area contributed by atoms with E-state index in [-0.39, 0.29) is 35.6 Å². The van der Waals surface area contributed by atoms with Crippen LogP contribution in [0.25, 0.3) is 0 Å². The number of aryl methyl sites for hydroxylation is 1. The van der Waals surface area contributed by atoms with Gasteiger partial charge in [-0.3, -0.25) is 4.79 Å². The van der Waals surface area contributed by atoms with Crippen molar-refractivity contribution in [3.8, 4) is 0 Å². The van der Waals surface area contributed by atoms with Crippen LogP contribution in [0.2, 0.25) is 0 Å². The lowest BCUT2D eigenvalue weighted by atomic mass is 9.89. The second-order valence-corrected chi connectivity index (χ2v) is 8.09. The lowest BCUT2D eigenvalue weighted by Crippen LogP contribution is -2.41. The van der Waals surface area contributed by atoms with E-state index in [2.05, 4.69) is 5.32 Å². The Morgan fingerprint density at radius 2 is 1.90 bits per heavy atom. The minimum absolute atomic E-state index is 0.00999. The number of nitrogens with zero attached hydrogens (tertiary/aromatic N) is 2. The van der Waals surface area contributed by atoms with E-state index in [9.17, 15) is 14.0 Å². The van der Waals surface area contributed by atoms with Crippen LogP contribution in [0.1, 0.15) is 29.7 Å². The Balaban J connectivity index is 1.47. The third kappa shape index (κ3) is 3.84. The maximum Gasteiger partial charge on any atom is 0.317 e. The van der Waals surface area contributed by atoms with Crippen molar-refractivity contribution in [2.45, 2.75) is 26.4 Å². The van der Waals surface area contributed by atoms with Gasteiger partial charge in [-0.05, 0) is 35.7 Å². The fourth-order valence-electron chi connectivity index (χ4n) is 4.74. The molecule has 1 N–H and O–H groups in total. The normalized spacial score (nSPS) is 23.2. The predicted octanol–water partition coefficient (Wildman–Crippen LogP) is 3.50. The van der Waals surface area contributed by atoms with Gasteiger partial charge in [-0.1, -0.05) is 36.4 Å². The van der Waals surface area contributed by atoms with Crippen molar-refractivity contribution in [2.24, 2.45) is 11.8 Å². The third-order valence-corrected chi connectivity index (χ3v) is 6.24. The minimum atomic E-state index is -0.305. The second-order valence-electron chi connectivity index (χ2n) is 8.09. The number of halogens is 1. The predicted molar refractivity (Wildman–Crippen MR) is 108 cm³/mol. The van der Waals surface area contributed by atoms with Crippen LogP contribution in [0.15, 0.2) is 48.5 Å². The molecular formula is C23H26FN3O2. The zero-order chi connectivity index (χ0) is 20.5. The average molecular weight is 395 g/mol. The van der Waals surface area contributed by atoms with E-state index in [0.717, 1.165) is 16.7 Å². The van der Waals surface area contributed by atoms with E-state index in [1.54, 1.807) is 13.0 Å². The number of hydrogen-bond acceptors (Lipinski definition) is 2. The highest BCUT2D eigenvalue weighted by atomic mass is 19.1. The van der Waals surface area contributed by atoms with Crippen LogP contribution >= 0.6 is 0 Å². The number of fused-ring (bicyclic) bond motifs is 1. The van der Waals surface area contributed by atoms with Gasteiger partial charge in [0.05, 0.1) is 6.04 Å². The highest BCUT2D eigenvalue weighted by Crippen LogP contribution is 2.45. The molecule has 0 aliphatic carbocycles. The van der Waals surface area contributed by atoms with Gasteiger partial charge in [-0.15, -0.1) is 0 Å². The molecule has 0 aromatic heterocycles. The van der Waals surface area contributed by atoms with Crippen LogP contribution < -0.4 is 5.32 Å². The fourth-order valence-corrected chi connectivity index (χ4v) is 4.74. The molecule has 2 aliphatic heterocycles. The Morgan fingerprint density at radius 1 is 1.10 bits per heavy atom. The number of benzene rings is 2. The molecule has 0 spiro atoms. The van der Waals surface area contributed by atoms with Crippen LogP contribution in [0.3, 0.4) is 0 Å². The second kappa shape index (κ2) is 7.85. The molecule has 2 aromatic rings. The van der Waals surface area contributed by atoms with Gasteiger partial charge in [0, 0.05) is 44.9 Å². The molecule has 2 saturated heterocycles. The lowest BCUT2D eigenvalue weighted by Gasteiger charge is -2.29. The first-order valence-corrected chi connectivity index (χ1v) is 10.0. The van der Waals surface area contributed by atoms with Crippen molar-refractivity contribution in [1.29, 1.82) is 0 Å². The molecule has 2 heterocycles. The molecule has 0 radical (unpaired) electrons. The Labute approximate surface area is 170 Å². The quantitative estimate of drug-likeness (QED) is 0.865. The lowest BCUT2D eigenvalue weighted by molar-refractivity contribution is -0.130. The van der Waals surface area contributed by atoms with Crippen LogP contribution in [0, 0.1) is 24.6 Å². The maximum absolute atomic E-state index is 13.8. The summed E-state index contributed by atoms with van der Waals surface area (Å²) in [6, 6.07) is 14.2. The smallest absolute Gasteiger partial charge is 0.317 e. The summed E-state index contributed by atoms with van der Waals surface area (Å²) in [4.78, 5) is 28.6. The van der Waals surface area contributed by atoms with E-state index in [4.69, 9.17) is 0 Å². The van der Waals surface area contributed by atoms with Crippen molar-refractivity contribution >= 4 is 11.9 Å². The Hall–Kier alpha value is -2.89. The summed E-state index contributed by atoms with van der Waals surface area (Å²) >= 11 is 0. The van der Waals surface area contributed by atoms with Crippen LogP contribution in [-0.4, -0.2) is 41.4 Å². The van der Waals surface area contributed by atoms with Gasteiger partial charge < -0.3 is 15.1 Å². The summed E-state index contributed by atoms with van der Waals surface area (Å²) in [5.41, 5.74) is 3.05. The molecule has 3 amide bonds. The third-order valence-electron chi connectivity index (χ3n) is 6.24. The minimum Gasteiger partial charge on any atom is -0.335 e. The Morgan fingerprint density at radius 3 is 2.62 bits per heavy atom. The number of amides is 3. The Kier molecular flexibility index (Phi) is 5.26. The van der Waals surface area contributed by atoms with Crippen molar-refractivity contribution in [3.05, 3.63) is 71.0 Å². The molecule has 3 atom stereocenters. The van der Waals surface area contributed by atoms with Crippen molar-refractivity contribution in [2.75, 3.05) is 19.6 Å². The molecule has 2 fully saturated rings.